The van der Waals surface area contributed by atoms with Crippen LogP contribution in [-0.2, 0) is 9.59 Å². The highest BCUT2D eigenvalue weighted by atomic mass is 19.1. The summed E-state index contributed by atoms with van der Waals surface area (Å²) in [6.07, 6.45) is 1.34. The van der Waals surface area contributed by atoms with Crippen molar-refractivity contribution in [1.29, 1.82) is 0 Å². The number of nitrogens with zero attached hydrogens (tertiary/aromatic N) is 2. The number of carbonyl (C=O) groups excluding carboxylic acids is 2. The molecule has 1 aromatic heterocycles. The number of amides is 1. The largest absolute Gasteiger partial charge is 0.507 e. The van der Waals surface area contributed by atoms with Crippen LogP contribution in [0.1, 0.15) is 17.4 Å². The molecule has 4 rings (SSSR count). The van der Waals surface area contributed by atoms with Crippen LogP contribution < -0.4 is 4.90 Å². The molecule has 0 saturated carbocycles. The van der Waals surface area contributed by atoms with Crippen LogP contribution in [0.5, 0.6) is 0 Å². The van der Waals surface area contributed by atoms with E-state index >= 15 is 0 Å². The number of carbonyl (C=O) groups is 2. The Morgan fingerprint density at radius 1 is 1.10 bits per heavy atom. The van der Waals surface area contributed by atoms with E-state index in [0.29, 0.717) is 0 Å². The summed E-state index contributed by atoms with van der Waals surface area (Å²) in [6, 6.07) is 11.9. The molecule has 2 heterocycles. The second kappa shape index (κ2) is 7.28. The van der Waals surface area contributed by atoms with Crippen molar-refractivity contribution in [3.63, 3.8) is 0 Å². The molecule has 1 amide bonds. The van der Waals surface area contributed by atoms with Crippen molar-refractivity contribution in [3.8, 4) is 0 Å². The number of rotatable bonds is 4. The Labute approximate surface area is 168 Å². The first-order chi connectivity index (χ1) is 14.4. The van der Waals surface area contributed by atoms with E-state index in [0.717, 1.165) is 11.0 Å². The maximum atomic E-state index is 13.8. The first-order valence-corrected chi connectivity index (χ1v) is 8.73. The minimum atomic E-state index is -1.14. The van der Waals surface area contributed by atoms with Gasteiger partial charge in [-0.3, -0.25) is 24.6 Å². The zero-order valence-corrected chi connectivity index (χ0v) is 15.2. The van der Waals surface area contributed by atoms with Crippen LogP contribution in [-0.4, -0.2) is 21.7 Å². The average molecular weight is 408 g/mol. The summed E-state index contributed by atoms with van der Waals surface area (Å²) >= 11 is 0. The molecule has 1 atom stereocenters. The molecule has 1 N–H and O–H groups in total. The van der Waals surface area contributed by atoms with Gasteiger partial charge in [0.1, 0.15) is 23.4 Å². The summed E-state index contributed by atoms with van der Waals surface area (Å²) in [4.78, 5) is 36.9. The topological polar surface area (TPSA) is 114 Å². The van der Waals surface area contributed by atoms with Gasteiger partial charge in [0.2, 0.25) is 0 Å². The van der Waals surface area contributed by atoms with E-state index in [4.69, 9.17) is 4.42 Å². The predicted octanol–water partition coefficient (Wildman–Crippen LogP) is 3.95. The quantitative estimate of drug-likeness (QED) is 0.230. The number of ketones is 1. The van der Waals surface area contributed by atoms with Crippen molar-refractivity contribution in [2.45, 2.75) is 6.04 Å². The molecular weight excluding hydrogens is 395 g/mol. The van der Waals surface area contributed by atoms with Gasteiger partial charge in [0.25, 0.3) is 17.4 Å². The van der Waals surface area contributed by atoms with Crippen molar-refractivity contribution in [3.05, 3.63) is 99.8 Å². The van der Waals surface area contributed by atoms with Crippen LogP contribution >= 0.6 is 0 Å². The molecular formula is C21H13FN2O6. The molecule has 1 fully saturated rings. The number of benzene rings is 2. The number of nitro groups is 1. The van der Waals surface area contributed by atoms with Crippen molar-refractivity contribution >= 4 is 28.8 Å². The molecule has 8 nitrogen and oxygen atoms in total. The Morgan fingerprint density at radius 3 is 2.43 bits per heavy atom. The van der Waals surface area contributed by atoms with E-state index in [-0.39, 0.29) is 28.3 Å². The van der Waals surface area contributed by atoms with E-state index in [9.17, 15) is 29.2 Å². The van der Waals surface area contributed by atoms with Gasteiger partial charge in [0.05, 0.1) is 16.8 Å². The van der Waals surface area contributed by atoms with Crippen molar-refractivity contribution < 1.29 is 28.4 Å². The molecule has 0 spiro atoms. The number of non-ortho nitro benzene ring substituents is 1. The fraction of sp³-hybridized carbons (Fsp3) is 0.0476. The first kappa shape index (κ1) is 19.1. The van der Waals surface area contributed by atoms with Gasteiger partial charge in [0.15, 0.2) is 0 Å². The van der Waals surface area contributed by atoms with Gasteiger partial charge in [0, 0.05) is 23.4 Å². The van der Waals surface area contributed by atoms with E-state index < -0.39 is 34.2 Å². The highest BCUT2D eigenvalue weighted by molar-refractivity contribution is 6.51. The molecule has 1 unspecified atom stereocenters. The molecule has 1 aliphatic rings. The van der Waals surface area contributed by atoms with Gasteiger partial charge in [-0.05, 0) is 42.5 Å². The van der Waals surface area contributed by atoms with Crippen LogP contribution in [0.4, 0.5) is 15.8 Å². The summed E-state index contributed by atoms with van der Waals surface area (Å²) in [5.74, 6) is -2.91. The monoisotopic (exact) mass is 408 g/mol. The third kappa shape index (κ3) is 3.12. The molecule has 0 bridgehead atoms. The molecule has 1 aliphatic heterocycles. The Morgan fingerprint density at radius 2 is 1.83 bits per heavy atom. The number of hydrogen-bond donors (Lipinski definition) is 1. The highest BCUT2D eigenvalue weighted by Crippen LogP contribution is 2.42. The van der Waals surface area contributed by atoms with Crippen LogP contribution in [0.25, 0.3) is 5.76 Å². The number of Topliss-reactive ketones (excluding diaryl/α,β-unsaturated/α-hetero) is 1. The lowest BCUT2D eigenvalue weighted by molar-refractivity contribution is -0.384. The van der Waals surface area contributed by atoms with Crippen molar-refractivity contribution in [2.75, 3.05) is 4.90 Å². The van der Waals surface area contributed by atoms with Gasteiger partial charge in [-0.2, -0.15) is 0 Å². The summed E-state index contributed by atoms with van der Waals surface area (Å²) in [5, 5.41) is 21.7. The fourth-order valence-corrected chi connectivity index (χ4v) is 3.34. The number of aliphatic hydroxyl groups is 1. The molecule has 30 heavy (non-hydrogen) atoms. The fourth-order valence-electron chi connectivity index (χ4n) is 3.34. The SMILES string of the molecule is O=C1C(=O)N(c2cccc(F)c2)C(c2ccco2)/C1=C(/O)c1ccc([N+](=O)[O-])cc1. The number of hydrogen-bond acceptors (Lipinski definition) is 6. The Kier molecular flexibility index (Phi) is 4.63. The Balaban J connectivity index is 1.89. The van der Waals surface area contributed by atoms with Gasteiger partial charge < -0.3 is 9.52 Å². The number of furan rings is 1. The molecule has 2 aromatic carbocycles. The molecule has 0 aliphatic carbocycles. The summed E-state index contributed by atoms with van der Waals surface area (Å²) in [5.41, 5.74) is -0.252. The van der Waals surface area contributed by atoms with E-state index in [1.54, 1.807) is 6.07 Å². The van der Waals surface area contributed by atoms with Gasteiger partial charge >= 0.3 is 0 Å². The van der Waals surface area contributed by atoms with Crippen LogP contribution in [0.15, 0.2) is 76.9 Å². The maximum Gasteiger partial charge on any atom is 0.300 e. The minimum absolute atomic E-state index is 0.106. The zero-order valence-electron chi connectivity index (χ0n) is 15.2. The molecule has 3 aromatic rings. The molecule has 150 valence electrons. The summed E-state index contributed by atoms with van der Waals surface area (Å²) < 4.78 is 19.2. The summed E-state index contributed by atoms with van der Waals surface area (Å²) in [6.45, 7) is 0. The Hall–Kier alpha value is -4.27. The number of aliphatic hydroxyl groups excluding tert-OH is 1. The van der Waals surface area contributed by atoms with E-state index in [2.05, 4.69) is 0 Å². The van der Waals surface area contributed by atoms with E-state index in [1.165, 1.54) is 54.8 Å². The standard InChI is InChI=1S/C21H13FN2O6/c22-13-3-1-4-15(11-13)23-18(16-5-2-10-30-16)17(20(26)21(23)27)19(25)12-6-8-14(9-7-12)24(28)29/h1-11,18,25H/b19-17-. The number of halogens is 1. The molecule has 9 heteroatoms. The third-order valence-corrected chi connectivity index (χ3v) is 4.70. The lowest BCUT2D eigenvalue weighted by atomic mass is 9.99. The highest BCUT2D eigenvalue weighted by Gasteiger charge is 2.48. The summed E-state index contributed by atoms with van der Waals surface area (Å²) in [7, 11) is 0. The van der Waals surface area contributed by atoms with Gasteiger partial charge in [-0.25, -0.2) is 4.39 Å². The smallest absolute Gasteiger partial charge is 0.300 e. The van der Waals surface area contributed by atoms with Crippen LogP contribution in [0.3, 0.4) is 0 Å². The van der Waals surface area contributed by atoms with Crippen LogP contribution in [0, 0.1) is 15.9 Å². The number of anilines is 1. The molecule has 0 radical (unpaired) electrons. The minimum Gasteiger partial charge on any atom is -0.507 e. The van der Waals surface area contributed by atoms with E-state index in [1.807, 2.05) is 0 Å². The predicted molar refractivity (Wildman–Crippen MR) is 103 cm³/mol. The zero-order chi connectivity index (χ0) is 21.4. The average Bonchev–Trinajstić information content (AvgIpc) is 3.35. The normalized spacial score (nSPS) is 18.0. The second-order valence-electron chi connectivity index (χ2n) is 6.47. The van der Waals surface area contributed by atoms with Crippen molar-refractivity contribution in [1.82, 2.24) is 0 Å². The van der Waals surface area contributed by atoms with Gasteiger partial charge in [-0.1, -0.05) is 6.07 Å². The lowest BCUT2D eigenvalue weighted by Gasteiger charge is -2.23. The number of nitro benzene ring substituents is 1. The second-order valence-corrected chi connectivity index (χ2v) is 6.47. The maximum absolute atomic E-state index is 13.8. The van der Waals surface area contributed by atoms with Crippen LogP contribution in [0.2, 0.25) is 0 Å². The first-order valence-electron chi connectivity index (χ1n) is 8.73. The van der Waals surface area contributed by atoms with Gasteiger partial charge in [-0.15, -0.1) is 0 Å². The third-order valence-electron chi connectivity index (χ3n) is 4.70. The lowest BCUT2D eigenvalue weighted by Crippen LogP contribution is -2.29. The Bertz CT molecular complexity index is 1180. The van der Waals surface area contributed by atoms with Crippen molar-refractivity contribution in [2.24, 2.45) is 0 Å². The molecule has 1 saturated heterocycles.